The summed E-state index contributed by atoms with van der Waals surface area (Å²) in [5.74, 6) is 0. The number of rotatable bonds is 2. The molecule has 106 valence electrons. The van der Waals surface area contributed by atoms with Gasteiger partial charge in [-0.25, -0.2) is 8.42 Å². The van der Waals surface area contributed by atoms with Crippen molar-refractivity contribution in [3.05, 3.63) is 28.8 Å². The summed E-state index contributed by atoms with van der Waals surface area (Å²) in [7, 11) is -3.63. The van der Waals surface area contributed by atoms with Crippen LogP contribution in [0.5, 0.6) is 0 Å². The maximum atomic E-state index is 12.6. The molecule has 2 aliphatic heterocycles. The number of nitrogens with zero attached hydrogens (tertiary/aromatic N) is 2. The van der Waals surface area contributed by atoms with Crippen LogP contribution in [-0.4, -0.2) is 38.0 Å². The molecule has 0 amide bonds. The minimum Gasteiger partial charge on any atom is -0.372 e. The van der Waals surface area contributed by atoms with Gasteiger partial charge in [0.15, 0.2) is 0 Å². The summed E-state index contributed by atoms with van der Waals surface area (Å²) in [5.41, 5.74) is 0.344. The van der Waals surface area contributed by atoms with E-state index in [0.717, 1.165) is 12.8 Å². The second-order valence-electron chi connectivity index (χ2n) is 5.04. The van der Waals surface area contributed by atoms with Gasteiger partial charge in [0.25, 0.3) is 0 Å². The van der Waals surface area contributed by atoms with E-state index >= 15 is 0 Å². The Bertz CT molecular complexity index is 671. The van der Waals surface area contributed by atoms with Gasteiger partial charge in [0, 0.05) is 13.1 Å². The lowest BCUT2D eigenvalue weighted by atomic mass is 10.2. The number of benzene rings is 1. The molecular formula is C13H13ClN2O3S. The predicted molar refractivity (Wildman–Crippen MR) is 72.8 cm³/mol. The van der Waals surface area contributed by atoms with Crippen molar-refractivity contribution < 1.29 is 13.2 Å². The minimum absolute atomic E-state index is 0.0133. The van der Waals surface area contributed by atoms with Crippen LogP contribution in [0.1, 0.15) is 18.4 Å². The molecule has 2 aliphatic rings. The zero-order valence-electron chi connectivity index (χ0n) is 10.6. The summed E-state index contributed by atoms with van der Waals surface area (Å²) in [6, 6.07) is 6.18. The number of fused-ring (bicyclic) bond motifs is 2. The topological polar surface area (TPSA) is 70.4 Å². The molecule has 1 aromatic rings. The van der Waals surface area contributed by atoms with Crippen LogP contribution < -0.4 is 0 Å². The van der Waals surface area contributed by atoms with E-state index in [4.69, 9.17) is 21.6 Å². The number of halogens is 1. The molecule has 0 aromatic heterocycles. The number of morpholine rings is 1. The monoisotopic (exact) mass is 312 g/mol. The summed E-state index contributed by atoms with van der Waals surface area (Å²) >= 11 is 6.01. The van der Waals surface area contributed by atoms with Crippen molar-refractivity contribution in [2.75, 3.05) is 13.1 Å². The Morgan fingerprint density at radius 1 is 1.30 bits per heavy atom. The third-order valence-electron chi connectivity index (χ3n) is 3.69. The number of hydrogen-bond donors (Lipinski definition) is 0. The Morgan fingerprint density at radius 3 is 2.50 bits per heavy atom. The lowest BCUT2D eigenvalue weighted by molar-refractivity contribution is -0.0114. The highest BCUT2D eigenvalue weighted by Gasteiger charge is 2.39. The highest BCUT2D eigenvalue weighted by molar-refractivity contribution is 7.89. The van der Waals surface area contributed by atoms with Gasteiger partial charge >= 0.3 is 0 Å². The van der Waals surface area contributed by atoms with Crippen molar-refractivity contribution in [2.45, 2.75) is 29.9 Å². The molecule has 0 aliphatic carbocycles. The summed E-state index contributed by atoms with van der Waals surface area (Å²) in [5, 5.41) is 8.88. The first kappa shape index (κ1) is 13.8. The van der Waals surface area contributed by atoms with Crippen molar-refractivity contribution in [3.8, 4) is 6.07 Å². The maximum Gasteiger partial charge on any atom is 0.244 e. The minimum atomic E-state index is -3.63. The molecule has 2 bridgehead atoms. The number of sulfonamides is 1. The van der Waals surface area contributed by atoms with Crippen molar-refractivity contribution in [1.82, 2.24) is 4.31 Å². The van der Waals surface area contributed by atoms with Gasteiger partial charge in [-0.1, -0.05) is 11.6 Å². The molecule has 2 heterocycles. The lowest BCUT2D eigenvalue weighted by Crippen LogP contribution is -2.45. The SMILES string of the molecule is N#Cc1ccc(S(=O)(=O)N2CC3CCC(C2)O3)c(Cl)c1. The lowest BCUT2D eigenvalue weighted by Gasteiger charge is -2.31. The third kappa shape index (κ3) is 2.31. The molecule has 2 fully saturated rings. The zero-order valence-corrected chi connectivity index (χ0v) is 12.2. The molecule has 2 unspecified atom stereocenters. The molecule has 0 saturated carbocycles. The fourth-order valence-corrected chi connectivity index (χ4v) is 4.71. The van der Waals surface area contributed by atoms with Gasteiger partial charge in [0.05, 0.1) is 28.9 Å². The summed E-state index contributed by atoms with van der Waals surface area (Å²) < 4.78 is 32.3. The predicted octanol–water partition coefficient (Wildman–Crippen LogP) is 1.76. The molecule has 1 aromatic carbocycles. The average molecular weight is 313 g/mol. The first-order chi connectivity index (χ1) is 9.50. The van der Waals surface area contributed by atoms with Crippen LogP contribution in [0.3, 0.4) is 0 Å². The first-order valence-electron chi connectivity index (χ1n) is 6.36. The molecule has 3 rings (SSSR count). The molecule has 20 heavy (non-hydrogen) atoms. The highest BCUT2D eigenvalue weighted by Crippen LogP contribution is 2.32. The quantitative estimate of drug-likeness (QED) is 0.834. The van der Waals surface area contributed by atoms with Gasteiger partial charge in [0.1, 0.15) is 4.90 Å². The molecule has 2 saturated heterocycles. The maximum absolute atomic E-state index is 12.6. The molecule has 5 nitrogen and oxygen atoms in total. The van der Waals surface area contributed by atoms with Gasteiger partial charge < -0.3 is 4.74 Å². The summed E-state index contributed by atoms with van der Waals surface area (Å²) in [6.07, 6.45) is 1.77. The Morgan fingerprint density at radius 2 is 1.95 bits per heavy atom. The van der Waals surface area contributed by atoms with Crippen LogP contribution in [0.4, 0.5) is 0 Å². The normalized spacial score (nSPS) is 26.4. The average Bonchev–Trinajstić information content (AvgIpc) is 2.76. The number of hydrogen-bond acceptors (Lipinski definition) is 4. The second-order valence-corrected chi connectivity index (χ2v) is 7.35. The van der Waals surface area contributed by atoms with E-state index in [1.165, 1.54) is 22.5 Å². The summed E-state index contributed by atoms with van der Waals surface area (Å²) in [6.45, 7) is 0.740. The molecule has 7 heteroatoms. The Balaban J connectivity index is 1.94. The Kier molecular flexibility index (Phi) is 3.46. The zero-order chi connectivity index (χ0) is 14.3. The van der Waals surface area contributed by atoms with E-state index in [2.05, 4.69) is 0 Å². The summed E-state index contributed by atoms with van der Waals surface area (Å²) in [4.78, 5) is 0.0551. The Hall–Kier alpha value is -1.13. The van der Waals surface area contributed by atoms with Gasteiger partial charge in [-0.2, -0.15) is 9.57 Å². The molecule has 0 spiro atoms. The van der Waals surface area contributed by atoms with Crippen LogP contribution in [0.25, 0.3) is 0 Å². The van der Waals surface area contributed by atoms with Crippen molar-refractivity contribution in [2.24, 2.45) is 0 Å². The van der Waals surface area contributed by atoms with Crippen molar-refractivity contribution >= 4 is 21.6 Å². The molecule has 2 atom stereocenters. The van der Waals surface area contributed by atoms with E-state index in [0.29, 0.717) is 18.7 Å². The van der Waals surface area contributed by atoms with Gasteiger partial charge in [-0.05, 0) is 31.0 Å². The van der Waals surface area contributed by atoms with Crippen LogP contribution in [0.15, 0.2) is 23.1 Å². The smallest absolute Gasteiger partial charge is 0.244 e. The van der Waals surface area contributed by atoms with E-state index in [-0.39, 0.29) is 22.1 Å². The largest absolute Gasteiger partial charge is 0.372 e. The van der Waals surface area contributed by atoms with Gasteiger partial charge in [-0.15, -0.1) is 0 Å². The van der Waals surface area contributed by atoms with Gasteiger partial charge in [0.2, 0.25) is 10.0 Å². The van der Waals surface area contributed by atoms with Crippen LogP contribution in [0, 0.1) is 11.3 Å². The number of nitriles is 1. The first-order valence-corrected chi connectivity index (χ1v) is 8.18. The Labute approximate surface area is 122 Å². The van der Waals surface area contributed by atoms with Crippen LogP contribution >= 0.6 is 11.6 Å². The second kappa shape index (κ2) is 5.01. The standard InChI is InChI=1S/C13H13ClN2O3S/c14-12-5-9(6-15)1-4-13(12)20(17,18)16-7-10-2-3-11(8-16)19-10/h1,4-5,10-11H,2-3,7-8H2. The highest BCUT2D eigenvalue weighted by atomic mass is 35.5. The molecule has 0 N–H and O–H groups in total. The third-order valence-corrected chi connectivity index (χ3v) is 6.00. The number of ether oxygens (including phenoxy) is 1. The van der Waals surface area contributed by atoms with Crippen LogP contribution in [-0.2, 0) is 14.8 Å². The van der Waals surface area contributed by atoms with Crippen molar-refractivity contribution in [1.29, 1.82) is 5.26 Å². The van der Waals surface area contributed by atoms with Crippen molar-refractivity contribution in [3.63, 3.8) is 0 Å². The fraction of sp³-hybridized carbons (Fsp3) is 0.462. The van der Waals surface area contributed by atoms with E-state index in [1.807, 2.05) is 6.07 Å². The van der Waals surface area contributed by atoms with E-state index in [9.17, 15) is 8.42 Å². The molecular weight excluding hydrogens is 300 g/mol. The van der Waals surface area contributed by atoms with E-state index in [1.54, 1.807) is 0 Å². The fourth-order valence-electron chi connectivity index (χ4n) is 2.69. The molecule has 0 radical (unpaired) electrons. The van der Waals surface area contributed by atoms with Crippen LogP contribution in [0.2, 0.25) is 5.02 Å². The van der Waals surface area contributed by atoms with E-state index < -0.39 is 10.0 Å². The van der Waals surface area contributed by atoms with Gasteiger partial charge in [-0.3, -0.25) is 0 Å².